The van der Waals surface area contributed by atoms with Gasteiger partial charge in [-0.05, 0) is 176 Å². The average Bonchev–Trinajstić information content (AvgIpc) is 3.95. The molecule has 2 aliphatic carbocycles. The van der Waals surface area contributed by atoms with E-state index in [0.29, 0.717) is 0 Å². The summed E-state index contributed by atoms with van der Waals surface area (Å²) in [6.07, 6.45) is 0. The molecule has 0 spiro atoms. The molecule has 0 atom stereocenters. The Hall–Kier alpha value is -8.40. The Kier molecular flexibility index (Phi) is 9.22. The second-order valence-electron chi connectivity index (χ2n) is 19.8. The fourth-order valence-corrected chi connectivity index (χ4v) is 11.4. The van der Waals surface area contributed by atoms with Crippen molar-refractivity contribution >= 4 is 56.1 Å². The van der Waals surface area contributed by atoms with Crippen LogP contribution in [0.1, 0.15) is 49.9 Å². The van der Waals surface area contributed by atoms with Gasteiger partial charge < -0.3 is 14.2 Å². The molecule has 0 radical (unpaired) electrons. The molecule has 3 heteroatoms. The number of nitrogens with zero attached hydrogens (tertiary/aromatic N) is 2. The summed E-state index contributed by atoms with van der Waals surface area (Å²) in [6, 6.07) is 84.1. The van der Waals surface area contributed by atoms with E-state index >= 15 is 0 Å². The molecule has 11 aromatic rings. The second kappa shape index (κ2) is 15.6. The molecule has 0 fully saturated rings. The van der Waals surface area contributed by atoms with Gasteiger partial charge in [0.1, 0.15) is 11.2 Å². The third-order valence-electron chi connectivity index (χ3n) is 15.0. The fourth-order valence-electron chi connectivity index (χ4n) is 11.4. The predicted molar refractivity (Wildman–Crippen MR) is 289 cm³/mol. The number of anilines is 6. The minimum atomic E-state index is -0.199. The van der Waals surface area contributed by atoms with Crippen molar-refractivity contribution in [2.75, 3.05) is 9.80 Å². The van der Waals surface area contributed by atoms with E-state index in [1.165, 1.54) is 66.8 Å². The summed E-state index contributed by atoms with van der Waals surface area (Å²) in [5.41, 5.74) is 23.6. The first kappa shape index (κ1) is 40.8. The molecule has 0 aliphatic heterocycles. The second-order valence-corrected chi connectivity index (χ2v) is 19.8. The van der Waals surface area contributed by atoms with Crippen LogP contribution in [-0.2, 0) is 10.8 Å². The molecule has 0 saturated heterocycles. The van der Waals surface area contributed by atoms with Crippen LogP contribution in [0, 0.1) is 0 Å². The van der Waals surface area contributed by atoms with E-state index in [-0.39, 0.29) is 10.8 Å². The highest BCUT2D eigenvalue weighted by Crippen LogP contribution is 2.54. The maximum absolute atomic E-state index is 6.51. The van der Waals surface area contributed by atoms with Crippen molar-refractivity contribution in [3.8, 4) is 44.5 Å². The Morgan fingerprint density at radius 3 is 0.913 bits per heavy atom. The molecule has 1 heterocycles. The normalized spacial score (nSPS) is 13.7. The van der Waals surface area contributed by atoms with E-state index in [9.17, 15) is 0 Å². The molecule has 69 heavy (non-hydrogen) atoms. The lowest BCUT2D eigenvalue weighted by Crippen LogP contribution is -2.16. The summed E-state index contributed by atoms with van der Waals surface area (Å²) < 4.78 is 6.51. The minimum absolute atomic E-state index is 0.199. The van der Waals surface area contributed by atoms with E-state index < -0.39 is 0 Å². The molecule has 2 aliphatic rings. The number of para-hydroxylation sites is 4. The molecule has 10 aromatic carbocycles. The molecule has 330 valence electrons. The molecule has 0 saturated carbocycles. The van der Waals surface area contributed by atoms with Crippen molar-refractivity contribution in [1.82, 2.24) is 0 Å². The molecular formula is C66H50N2O. The summed E-state index contributed by atoms with van der Waals surface area (Å²) in [5, 5.41) is 2.25. The van der Waals surface area contributed by atoms with Crippen LogP contribution in [0.5, 0.6) is 0 Å². The van der Waals surface area contributed by atoms with Crippen LogP contribution >= 0.6 is 0 Å². The molecule has 0 unspecified atom stereocenters. The highest BCUT2D eigenvalue weighted by atomic mass is 16.3. The Morgan fingerprint density at radius 2 is 0.565 bits per heavy atom. The Bertz CT molecular complexity index is 3450. The van der Waals surface area contributed by atoms with Gasteiger partial charge in [0, 0.05) is 55.7 Å². The van der Waals surface area contributed by atoms with Crippen molar-refractivity contribution < 1.29 is 4.42 Å². The third-order valence-corrected chi connectivity index (χ3v) is 15.0. The van der Waals surface area contributed by atoms with Gasteiger partial charge in [0.25, 0.3) is 0 Å². The number of fused-ring (bicyclic) bond motifs is 9. The summed E-state index contributed by atoms with van der Waals surface area (Å²) in [7, 11) is 0. The SMILES string of the molecule is CC1(C)c2cc(-c3ccc4oc5ccc(-c6ccc7c(c6)C(C)(C)c6cc(N(c8ccccc8)c8ccccc8)ccc6-7)cc5c4c3)ccc2-c2ccc(N(c3ccccc3)c3ccccc3)cc21. The monoisotopic (exact) mass is 886 g/mol. The van der Waals surface area contributed by atoms with Gasteiger partial charge in [0.15, 0.2) is 0 Å². The maximum Gasteiger partial charge on any atom is 0.135 e. The summed E-state index contributed by atoms with van der Waals surface area (Å²) in [5.74, 6) is 0. The fraction of sp³-hybridized carbons (Fsp3) is 0.0909. The number of furan rings is 1. The van der Waals surface area contributed by atoms with Gasteiger partial charge >= 0.3 is 0 Å². The Morgan fingerprint density at radius 1 is 0.275 bits per heavy atom. The van der Waals surface area contributed by atoms with Gasteiger partial charge in [-0.15, -0.1) is 0 Å². The van der Waals surface area contributed by atoms with E-state index in [2.05, 4.69) is 268 Å². The zero-order chi connectivity index (χ0) is 46.4. The van der Waals surface area contributed by atoms with Gasteiger partial charge in [0.2, 0.25) is 0 Å². The van der Waals surface area contributed by atoms with Crippen LogP contribution in [0.3, 0.4) is 0 Å². The standard InChI is InChI=1S/C66H50N2O/c1-65(2)59-39-45(25-31-53(59)55-33-29-51(41-61(55)65)67(47-17-9-5-10-18-47)48-19-11-6-12-20-48)43-27-35-63-57(37-43)58-38-44(28-36-64(58)69-63)46-26-32-54-56-34-30-52(42-62(56)66(3,4)60(54)40-46)68(49-21-13-7-14-22-49)50-23-15-8-16-24-50/h5-42H,1-4H3. The van der Waals surface area contributed by atoms with Gasteiger partial charge in [-0.3, -0.25) is 0 Å². The van der Waals surface area contributed by atoms with Gasteiger partial charge in [0.05, 0.1) is 0 Å². The molecule has 0 bridgehead atoms. The van der Waals surface area contributed by atoms with Gasteiger partial charge in [-0.1, -0.05) is 149 Å². The summed E-state index contributed by atoms with van der Waals surface area (Å²) in [6.45, 7) is 9.49. The molecular weight excluding hydrogens is 837 g/mol. The summed E-state index contributed by atoms with van der Waals surface area (Å²) in [4.78, 5) is 4.71. The topological polar surface area (TPSA) is 19.6 Å². The lowest BCUT2D eigenvalue weighted by Gasteiger charge is -2.28. The molecule has 1 aromatic heterocycles. The zero-order valence-corrected chi connectivity index (χ0v) is 39.2. The molecule has 3 nitrogen and oxygen atoms in total. The number of benzene rings is 10. The highest BCUT2D eigenvalue weighted by Gasteiger charge is 2.38. The van der Waals surface area contributed by atoms with Crippen LogP contribution < -0.4 is 9.80 Å². The van der Waals surface area contributed by atoms with E-state index in [4.69, 9.17) is 4.42 Å². The maximum atomic E-state index is 6.51. The lowest BCUT2D eigenvalue weighted by molar-refractivity contribution is 0.660. The smallest absolute Gasteiger partial charge is 0.135 e. The van der Waals surface area contributed by atoms with Gasteiger partial charge in [-0.25, -0.2) is 0 Å². The van der Waals surface area contributed by atoms with Crippen LogP contribution in [0.2, 0.25) is 0 Å². The van der Waals surface area contributed by atoms with E-state index in [0.717, 1.165) is 56.1 Å². The first-order chi connectivity index (χ1) is 33.7. The largest absolute Gasteiger partial charge is 0.456 e. The van der Waals surface area contributed by atoms with Crippen LogP contribution in [-0.4, -0.2) is 0 Å². The van der Waals surface area contributed by atoms with Gasteiger partial charge in [-0.2, -0.15) is 0 Å². The molecule has 0 amide bonds. The van der Waals surface area contributed by atoms with Crippen molar-refractivity contribution in [2.24, 2.45) is 0 Å². The van der Waals surface area contributed by atoms with Crippen molar-refractivity contribution in [2.45, 2.75) is 38.5 Å². The van der Waals surface area contributed by atoms with Crippen molar-refractivity contribution in [1.29, 1.82) is 0 Å². The first-order valence-electron chi connectivity index (χ1n) is 24.1. The lowest BCUT2D eigenvalue weighted by atomic mass is 9.81. The average molecular weight is 887 g/mol. The molecule has 13 rings (SSSR count). The van der Waals surface area contributed by atoms with Crippen LogP contribution in [0.4, 0.5) is 34.1 Å². The number of hydrogen-bond donors (Lipinski definition) is 0. The first-order valence-corrected chi connectivity index (χ1v) is 24.1. The minimum Gasteiger partial charge on any atom is -0.456 e. The van der Waals surface area contributed by atoms with Crippen molar-refractivity contribution in [3.63, 3.8) is 0 Å². The zero-order valence-electron chi connectivity index (χ0n) is 39.2. The molecule has 0 N–H and O–H groups in total. The summed E-state index contributed by atoms with van der Waals surface area (Å²) >= 11 is 0. The van der Waals surface area contributed by atoms with Crippen LogP contribution in [0.15, 0.2) is 235 Å². The quantitative estimate of drug-likeness (QED) is 0.152. The van der Waals surface area contributed by atoms with Crippen molar-refractivity contribution in [3.05, 3.63) is 253 Å². The van der Waals surface area contributed by atoms with Crippen LogP contribution in [0.25, 0.3) is 66.4 Å². The Labute approximate surface area is 404 Å². The Balaban J connectivity index is 0.828. The predicted octanol–water partition coefficient (Wildman–Crippen LogP) is 18.5. The number of hydrogen-bond acceptors (Lipinski definition) is 3. The van der Waals surface area contributed by atoms with E-state index in [1.54, 1.807) is 0 Å². The number of rotatable bonds is 8. The third kappa shape index (κ3) is 6.56. The highest BCUT2D eigenvalue weighted by molar-refractivity contribution is 6.08. The van der Waals surface area contributed by atoms with E-state index in [1.807, 2.05) is 0 Å².